The first-order chi connectivity index (χ1) is 6.56. The number of hydrogen-bond acceptors (Lipinski definition) is 1. The Kier molecular flexibility index (Phi) is 3.62. The van der Waals surface area contributed by atoms with Gasteiger partial charge in [-0.05, 0) is 38.3 Å². The third-order valence-corrected chi connectivity index (χ3v) is 2.81. The van der Waals surface area contributed by atoms with Gasteiger partial charge in [-0.25, -0.2) is 0 Å². The summed E-state index contributed by atoms with van der Waals surface area (Å²) in [5.74, 6) is 0.668. The highest BCUT2D eigenvalue weighted by molar-refractivity contribution is 5.15. The van der Waals surface area contributed by atoms with E-state index in [0.717, 1.165) is 6.42 Å². The second-order valence-corrected chi connectivity index (χ2v) is 4.34. The maximum atomic E-state index is 3.56. The summed E-state index contributed by atoms with van der Waals surface area (Å²) in [7, 11) is 0. The van der Waals surface area contributed by atoms with E-state index in [4.69, 9.17) is 0 Å². The second kappa shape index (κ2) is 4.54. The smallest absolute Gasteiger partial charge is 0.0444 e. The molecule has 1 aromatic rings. The van der Waals surface area contributed by atoms with Crippen LogP contribution in [0.1, 0.15) is 38.6 Å². The first-order valence-electron chi connectivity index (χ1n) is 5.47. The molecule has 0 spiro atoms. The molecule has 1 aromatic heterocycles. The molecule has 0 aliphatic rings. The van der Waals surface area contributed by atoms with Gasteiger partial charge in [-0.3, -0.25) is 4.68 Å². The highest BCUT2D eigenvalue weighted by atomic mass is 15.4. The molecule has 0 aromatic carbocycles. The molecular weight excluding hydrogens is 172 g/mol. The third-order valence-electron chi connectivity index (χ3n) is 2.81. The number of aryl methyl sites for hydroxylation is 2. The summed E-state index contributed by atoms with van der Waals surface area (Å²) < 4.78 is 2.19. The lowest BCUT2D eigenvalue weighted by molar-refractivity contribution is 0.469. The summed E-state index contributed by atoms with van der Waals surface area (Å²) >= 11 is 0. The molecule has 1 unspecified atom stereocenters. The van der Waals surface area contributed by atoms with Gasteiger partial charge in [0.15, 0.2) is 0 Å². The second-order valence-electron chi connectivity index (χ2n) is 4.34. The minimum absolute atomic E-state index is 0.555. The number of hydrogen-bond donors (Lipinski definition) is 1. The van der Waals surface area contributed by atoms with E-state index in [9.17, 15) is 0 Å². The lowest BCUT2D eigenvalue weighted by Gasteiger charge is -2.24. The summed E-state index contributed by atoms with van der Waals surface area (Å²) in [5, 5.41) is 0. The average Bonchev–Trinajstić information content (AvgIpc) is 2.43. The van der Waals surface area contributed by atoms with Gasteiger partial charge < -0.3 is 5.43 Å². The van der Waals surface area contributed by atoms with Gasteiger partial charge in [-0.15, -0.1) is 0 Å². The van der Waals surface area contributed by atoms with Gasteiger partial charge in [-0.2, -0.15) is 0 Å². The van der Waals surface area contributed by atoms with E-state index in [1.54, 1.807) is 0 Å². The van der Waals surface area contributed by atoms with Crippen molar-refractivity contribution in [3.63, 3.8) is 0 Å². The standard InChI is InChI=1S/C12H22N2/c1-6-12(9(2)3)13-14-10(4)7-8-11(14)5/h7-9,12-13H,6H2,1-5H3. The van der Waals surface area contributed by atoms with Crippen molar-refractivity contribution >= 4 is 0 Å². The monoisotopic (exact) mass is 194 g/mol. The van der Waals surface area contributed by atoms with Crippen LogP contribution in [0.25, 0.3) is 0 Å². The molecular formula is C12H22N2. The zero-order valence-electron chi connectivity index (χ0n) is 9.96. The van der Waals surface area contributed by atoms with Crippen molar-refractivity contribution in [2.24, 2.45) is 5.92 Å². The molecule has 2 heteroatoms. The molecule has 0 bridgehead atoms. The van der Waals surface area contributed by atoms with Crippen LogP contribution in [0.3, 0.4) is 0 Å². The molecule has 0 radical (unpaired) electrons. The molecule has 0 aliphatic heterocycles. The largest absolute Gasteiger partial charge is 0.323 e. The molecule has 80 valence electrons. The Morgan fingerprint density at radius 3 is 2.07 bits per heavy atom. The van der Waals surface area contributed by atoms with Crippen LogP contribution in [0.5, 0.6) is 0 Å². The highest BCUT2D eigenvalue weighted by Crippen LogP contribution is 2.11. The van der Waals surface area contributed by atoms with Crippen LogP contribution in [-0.4, -0.2) is 10.7 Å². The molecule has 0 fully saturated rings. The minimum Gasteiger partial charge on any atom is -0.323 e. The molecule has 1 atom stereocenters. The maximum Gasteiger partial charge on any atom is 0.0444 e. The number of nitrogens with zero attached hydrogens (tertiary/aromatic N) is 1. The number of nitrogens with one attached hydrogen (secondary N) is 1. The summed E-state index contributed by atoms with van der Waals surface area (Å²) in [4.78, 5) is 0. The first kappa shape index (κ1) is 11.2. The zero-order valence-corrected chi connectivity index (χ0v) is 9.96. The summed E-state index contributed by atoms with van der Waals surface area (Å²) in [6.07, 6.45) is 1.16. The van der Waals surface area contributed by atoms with Crippen molar-refractivity contribution < 1.29 is 0 Å². The molecule has 0 aliphatic carbocycles. The predicted molar refractivity (Wildman–Crippen MR) is 62.2 cm³/mol. The van der Waals surface area contributed by atoms with Crippen LogP contribution in [0, 0.1) is 19.8 Å². The number of rotatable bonds is 4. The van der Waals surface area contributed by atoms with Gasteiger partial charge >= 0.3 is 0 Å². The van der Waals surface area contributed by atoms with Crippen LogP contribution in [0.4, 0.5) is 0 Å². The minimum atomic E-state index is 0.555. The van der Waals surface area contributed by atoms with E-state index in [-0.39, 0.29) is 0 Å². The summed E-state index contributed by atoms with van der Waals surface area (Å²) in [6, 6.07) is 4.85. The van der Waals surface area contributed by atoms with E-state index >= 15 is 0 Å². The fraction of sp³-hybridized carbons (Fsp3) is 0.667. The van der Waals surface area contributed by atoms with Gasteiger partial charge in [0.05, 0.1) is 0 Å². The summed E-state index contributed by atoms with van der Waals surface area (Å²) in [6.45, 7) is 11.0. The lowest BCUT2D eigenvalue weighted by atomic mass is 10.0. The average molecular weight is 194 g/mol. The highest BCUT2D eigenvalue weighted by Gasteiger charge is 2.11. The van der Waals surface area contributed by atoms with Gasteiger partial charge in [0.1, 0.15) is 0 Å². The normalized spacial score (nSPS) is 13.3. The first-order valence-corrected chi connectivity index (χ1v) is 5.47. The van der Waals surface area contributed by atoms with E-state index < -0.39 is 0 Å². The maximum absolute atomic E-state index is 3.56. The molecule has 0 saturated carbocycles. The van der Waals surface area contributed by atoms with Gasteiger partial charge in [0.25, 0.3) is 0 Å². The molecule has 1 rings (SSSR count). The Bertz CT molecular complexity index is 267. The van der Waals surface area contributed by atoms with E-state index in [0.29, 0.717) is 12.0 Å². The van der Waals surface area contributed by atoms with Crippen molar-refractivity contribution in [3.05, 3.63) is 23.5 Å². The van der Waals surface area contributed by atoms with Crippen LogP contribution < -0.4 is 5.43 Å². The van der Waals surface area contributed by atoms with E-state index in [1.165, 1.54) is 11.4 Å². The van der Waals surface area contributed by atoms with Crippen LogP contribution in [-0.2, 0) is 0 Å². The van der Waals surface area contributed by atoms with Gasteiger partial charge in [0, 0.05) is 17.4 Å². The Balaban J connectivity index is 2.76. The van der Waals surface area contributed by atoms with Gasteiger partial charge in [-0.1, -0.05) is 20.8 Å². The van der Waals surface area contributed by atoms with Crippen LogP contribution >= 0.6 is 0 Å². The molecule has 14 heavy (non-hydrogen) atoms. The summed E-state index contributed by atoms with van der Waals surface area (Å²) in [5.41, 5.74) is 6.12. The molecule has 2 nitrogen and oxygen atoms in total. The zero-order chi connectivity index (χ0) is 10.7. The van der Waals surface area contributed by atoms with Crippen molar-refractivity contribution in [2.45, 2.75) is 47.1 Å². The predicted octanol–water partition coefficient (Wildman–Crippen LogP) is 3.08. The Labute approximate surface area is 87.3 Å². The molecule has 1 N–H and O–H groups in total. The Hall–Kier alpha value is -0.920. The van der Waals surface area contributed by atoms with Crippen molar-refractivity contribution in [2.75, 3.05) is 5.43 Å². The topological polar surface area (TPSA) is 17.0 Å². The quantitative estimate of drug-likeness (QED) is 0.779. The Morgan fingerprint density at radius 1 is 1.21 bits per heavy atom. The molecule has 0 saturated heterocycles. The van der Waals surface area contributed by atoms with Gasteiger partial charge in [0.2, 0.25) is 0 Å². The third kappa shape index (κ3) is 2.31. The number of aromatic nitrogens is 1. The molecule has 0 amide bonds. The van der Waals surface area contributed by atoms with Crippen molar-refractivity contribution in [3.8, 4) is 0 Å². The lowest BCUT2D eigenvalue weighted by Crippen LogP contribution is -2.32. The SMILES string of the molecule is CCC(Nn1c(C)ccc1C)C(C)C. The fourth-order valence-electron chi connectivity index (χ4n) is 1.75. The fourth-order valence-corrected chi connectivity index (χ4v) is 1.75. The van der Waals surface area contributed by atoms with Crippen molar-refractivity contribution in [1.82, 2.24) is 4.68 Å². The molecule has 1 heterocycles. The Morgan fingerprint density at radius 2 is 1.71 bits per heavy atom. The van der Waals surface area contributed by atoms with Crippen LogP contribution in [0.15, 0.2) is 12.1 Å². The van der Waals surface area contributed by atoms with Crippen molar-refractivity contribution in [1.29, 1.82) is 0 Å². The van der Waals surface area contributed by atoms with E-state index in [1.807, 2.05) is 0 Å². The van der Waals surface area contributed by atoms with E-state index in [2.05, 4.69) is 56.9 Å². The van der Waals surface area contributed by atoms with Crippen LogP contribution in [0.2, 0.25) is 0 Å².